The van der Waals surface area contributed by atoms with E-state index in [9.17, 15) is 9.59 Å². The fraction of sp³-hybridized carbons (Fsp3) is 0.118. The highest BCUT2D eigenvalue weighted by atomic mass is 35.5. The molecule has 3 rings (SSSR count). The minimum Gasteiger partial charge on any atom is -0.496 e. The van der Waals surface area contributed by atoms with Gasteiger partial charge < -0.3 is 10.1 Å². The normalized spacial score (nSPS) is 10.7. The van der Waals surface area contributed by atoms with Crippen LogP contribution in [0, 0.1) is 6.92 Å². The quantitative estimate of drug-likeness (QED) is 0.756. The zero-order chi connectivity index (χ0) is 18.1. The van der Waals surface area contributed by atoms with Crippen LogP contribution >= 0.6 is 23.2 Å². The molecule has 0 radical (unpaired) electrons. The average Bonchev–Trinajstić information content (AvgIpc) is 2.59. The first-order valence-corrected chi connectivity index (χ1v) is 7.99. The number of nitrogens with one attached hydrogen (secondary N) is 1. The first-order chi connectivity index (χ1) is 11.9. The third kappa shape index (κ3) is 3.31. The Hall–Kier alpha value is -2.57. The van der Waals surface area contributed by atoms with Gasteiger partial charge in [-0.25, -0.2) is 4.98 Å². The summed E-state index contributed by atoms with van der Waals surface area (Å²) >= 11 is 11.9. The van der Waals surface area contributed by atoms with Crippen molar-refractivity contribution < 1.29 is 9.53 Å². The van der Waals surface area contributed by atoms with Gasteiger partial charge in [-0.05, 0) is 37.3 Å². The lowest BCUT2D eigenvalue weighted by atomic mass is 10.2. The second-order valence-corrected chi connectivity index (χ2v) is 6.12. The SMILES string of the molecule is COc1ccc(Cl)cc1C(=O)Nc1c(C)nc2ccc(Cl)cn2c1=O. The number of fused-ring (bicyclic) bond motifs is 1. The second-order valence-electron chi connectivity index (χ2n) is 5.25. The van der Waals surface area contributed by atoms with Gasteiger partial charge in [0, 0.05) is 11.2 Å². The molecule has 0 aliphatic rings. The van der Waals surface area contributed by atoms with Crippen LogP contribution < -0.4 is 15.6 Å². The highest BCUT2D eigenvalue weighted by Crippen LogP contribution is 2.23. The van der Waals surface area contributed by atoms with Crippen molar-refractivity contribution in [2.45, 2.75) is 6.92 Å². The first kappa shape index (κ1) is 17.3. The molecule has 8 heteroatoms. The Kier molecular flexibility index (Phi) is 4.65. The lowest BCUT2D eigenvalue weighted by molar-refractivity contribution is 0.102. The number of methoxy groups -OCH3 is 1. The molecule has 0 aliphatic heterocycles. The van der Waals surface area contributed by atoms with E-state index in [0.29, 0.717) is 27.1 Å². The minimum atomic E-state index is -0.525. The fourth-order valence-electron chi connectivity index (χ4n) is 2.41. The molecule has 0 aliphatic carbocycles. The van der Waals surface area contributed by atoms with Crippen molar-refractivity contribution in [3.05, 3.63) is 68.2 Å². The Morgan fingerprint density at radius 3 is 2.64 bits per heavy atom. The maximum absolute atomic E-state index is 12.7. The molecule has 3 aromatic rings. The van der Waals surface area contributed by atoms with Gasteiger partial charge in [0.05, 0.1) is 23.4 Å². The molecule has 0 unspecified atom stereocenters. The van der Waals surface area contributed by atoms with Crippen LogP contribution in [0.2, 0.25) is 10.0 Å². The van der Waals surface area contributed by atoms with Gasteiger partial charge in [-0.3, -0.25) is 14.0 Å². The third-order valence-electron chi connectivity index (χ3n) is 3.61. The zero-order valence-corrected chi connectivity index (χ0v) is 14.9. The number of benzene rings is 1. The molecule has 6 nitrogen and oxygen atoms in total. The van der Waals surface area contributed by atoms with Gasteiger partial charge >= 0.3 is 0 Å². The van der Waals surface area contributed by atoms with Gasteiger partial charge in [-0.15, -0.1) is 0 Å². The molecule has 0 saturated carbocycles. The van der Waals surface area contributed by atoms with Gasteiger partial charge in [0.1, 0.15) is 17.1 Å². The van der Waals surface area contributed by atoms with E-state index in [2.05, 4.69) is 10.3 Å². The smallest absolute Gasteiger partial charge is 0.281 e. The third-order valence-corrected chi connectivity index (χ3v) is 4.07. The van der Waals surface area contributed by atoms with E-state index in [0.717, 1.165) is 0 Å². The Labute approximate surface area is 153 Å². The number of carbonyl (C=O) groups is 1. The average molecular weight is 378 g/mol. The number of halogens is 2. The lowest BCUT2D eigenvalue weighted by Crippen LogP contribution is -2.25. The summed E-state index contributed by atoms with van der Waals surface area (Å²) in [6.07, 6.45) is 1.45. The van der Waals surface area contributed by atoms with Crippen molar-refractivity contribution >= 4 is 40.4 Å². The first-order valence-electron chi connectivity index (χ1n) is 7.24. The number of rotatable bonds is 3. The number of pyridine rings is 1. The highest BCUT2D eigenvalue weighted by Gasteiger charge is 2.17. The molecule has 2 heterocycles. The molecule has 0 saturated heterocycles. The summed E-state index contributed by atoms with van der Waals surface area (Å²) in [5, 5.41) is 3.35. The van der Waals surface area contributed by atoms with E-state index in [1.807, 2.05) is 0 Å². The molecule has 25 heavy (non-hydrogen) atoms. The molecule has 1 aromatic carbocycles. The molecule has 1 N–H and O–H groups in total. The van der Waals surface area contributed by atoms with E-state index in [-0.39, 0.29) is 11.3 Å². The number of nitrogens with zero attached hydrogens (tertiary/aromatic N) is 2. The number of aromatic nitrogens is 2. The van der Waals surface area contributed by atoms with Crippen LogP contribution in [0.3, 0.4) is 0 Å². The van der Waals surface area contributed by atoms with Crippen LogP contribution in [0.4, 0.5) is 5.69 Å². The van der Waals surface area contributed by atoms with Crippen molar-refractivity contribution in [3.63, 3.8) is 0 Å². The number of amides is 1. The van der Waals surface area contributed by atoms with Crippen LogP contribution in [-0.4, -0.2) is 22.4 Å². The maximum Gasteiger partial charge on any atom is 0.281 e. The summed E-state index contributed by atoms with van der Waals surface area (Å²) in [5.74, 6) is -0.181. The molecule has 0 spiro atoms. The molecule has 1 amide bonds. The van der Waals surface area contributed by atoms with E-state index in [1.165, 1.54) is 23.8 Å². The van der Waals surface area contributed by atoms with Crippen LogP contribution in [0.25, 0.3) is 5.65 Å². The van der Waals surface area contributed by atoms with Gasteiger partial charge in [0.25, 0.3) is 11.5 Å². The summed E-state index contributed by atoms with van der Waals surface area (Å²) in [7, 11) is 1.44. The van der Waals surface area contributed by atoms with Crippen molar-refractivity contribution in [1.29, 1.82) is 0 Å². The van der Waals surface area contributed by atoms with E-state index >= 15 is 0 Å². The summed E-state index contributed by atoms with van der Waals surface area (Å²) < 4.78 is 6.45. The van der Waals surface area contributed by atoms with Crippen LogP contribution in [-0.2, 0) is 0 Å². The largest absolute Gasteiger partial charge is 0.496 e. The molecule has 2 aromatic heterocycles. The number of anilines is 1. The van der Waals surface area contributed by atoms with Crippen molar-refractivity contribution in [2.75, 3.05) is 12.4 Å². The van der Waals surface area contributed by atoms with Crippen molar-refractivity contribution in [1.82, 2.24) is 9.38 Å². The van der Waals surface area contributed by atoms with Crippen molar-refractivity contribution in [2.24, 2.45) is 0 Å². The second kappa shape index (κ2) is 6.74. The predicted molar refractivity (Wildman–Crippen MR) is 97.2 cm³/mol. The van der Waals surface area contributed by atoms with Gasteiger partial charge in [0.15, 0.2) is 0 Å². The lowest BCUT2D eigenvalue weighted by Gasteiger charge is -2.12. The number of hydrogen-bond acceptors (Lipinski definition) is 4. The van der Waals surface area contributed by atoms with E-state index in [1.54, 1.807) is 31.2 Å². The monoisotopic (exact) mass is 377 g/mol. The molecule has 0 bridgehead atoms. The summed E-state index contributed by atoms with van der Waals surface area (Å²) in [4.78, 5) is 29.6. The molecule has 128 valence electrons. The number of ether oxygens (including phenoxy) is 1. The topological polar surface area (TPSA) is 72.7 Å². The van der Waals surface area contributed by atoms with Crippen molar-refractivity contribution in [3.8, 4) is 5.75 Å². The zero-order valence-electron chi connectivity index (χ0n) is 13.3. The minimum absolute atomic E-state index is 0.0618. The number of carbonyl (C=O) groups excluding carboxylic acids is 1. The summed E-state index contributed by atoms with van der Waals surface area (Å²) in [6.45, 7) is 1.64. The molecular formula is C17H13Cl2N3O3. The molecular weight excluding hydrogens is 365 g/mol. The number of hydrogen-bond donors (Lipinski definition) is 1. The Morgan fingerprint density at radius 2 is 1.92 bits per heavy atom. The van der Waals surface area contributed by atoms with E-state index < -0.39 is 11.5 Å². The fourth-order valence-corrected chi connectivity index (χ4v) is 2.74. The highest BCUT2D eigenvalue weighted by molar-refractivity contribution is 6.31. The summed E-state index contributed by atoms with van der Waals surface area (Å²) in [5.41, 5.74) is 0.669. The number of aryl methyl sites for hydroxylation is 1. The predicted octanol–water partition coefficient (Wildman–Crippen LogP) is 3.57. The van der Waals surface area contributed by atoms with Crippen LogP contribution in [0.5, 0.6) is 5.75 Å². The summed E-state index contributed by atoms with van der Waals surface area (Å²) in [6, 6.07) is 7.92. The Balaban J connectivity index is 2.08. The van der Waals surface area contributed by atoms with Gasteiger partial charge in [0.2, 0.25) is 0 Å². The van der Waals surface area contributed by atoms with E-state index in [4.69, 9.17) is 27.9 Å². The van der Waals surface area contributed by atoms with Crippen LogP contribution in [0.1, 0.15) is 16.1 Å². The Bertz CT molecular complexity index is 1050. The van der Waals surface area contributed by atoms with Gasteiger partial charge in [-0.2, -0.15) is 0 Å². The maximum atomic E-state index is 12.7. The van der Waals surface area contributed by atoms with Crippen LogP contribution in [0.15, 0.2) is 41.3 Å². The standard InChI is InChI=1S/C17H13Cl2N3O3/c1-9-15(17(24)22-8-11(19)4-6-14(22)20-9)21-16(23)12-7-10(18)3-5-13(12)25-2/h3-8H,1-2H3,(H,21,23). The Morgan fingerprint density at radius 1 is 1.20 bits per heavy atom. The molecule has 0 fully saturated rings. The molecule has 0 atom stereocenters. The van der Waals surface area contributed by atoms with Gasteiger partial charge in [-0.1, -0.05) is 23.2 Å².